The fourth-order valence-electron chi connectivity index (χ4n) is 2.12. The van der Waals surface area contributed by atoms with Crippen LogP contribution in [0.5, 0.6) is 0 Å². The second kappa shape index (κ2) is 10.4. The van der Waals surface area contributed by atoms with Crippen LogP contribution in [0.3, 0.4) is 0 Å². The SMILES string of the molecule is O=C(C=Cc1ccccc1)NC(NC(=S)Nc1cccc([N+](=O)[O-])c1)C(Cl)(Cl)Cl. The molecule has 0 heterocycles. The molecule has 11 heteroatoms. The number of nitrogens with zero attached hydrogens (tertiary/aromatic N) is 1. The number of alkyl halides is 3. The Balaban J connectivity index is 2.02. The number of benzene rings is 2. The van der Waals surface area contributed by atoms with Gasteiger partial charge < -0.3 is 16.0 Å². The minimum atomic E-state index is -1.93. The van der Waals surface area contributed by atoms with Crippen molar-refractivity contribution >= 4 is 75.5 Å². The van der Waals surface area contributed by atoms with Crippen molar-refractivity contribution in [1.82, 2.24) is 10.6 Å². The Morgan fingerprint density at radius 3 is 2.41 bits per heavy atom. The lowest BCUT2D eigenvalue weighted by Crippen LogP contribution is -2.55. The molecule has 0 aliphatic carbocycles. The number of rotatable bonds is 6. The smallest absolute Gasteiger partial charge is 0.271 e. The minimum Gasteiger partial charge on any atom is -0.339 e. The molecule has 1 amide bonds. The van der Waals surface area contributed by atoms with E-state index in [9.17, 15) is 14.9 Å². The molecular weight excluding hydrogens is 459 g/mol. The van der Waals surface area contributed by atoms with Gasteiger partial charge in [-0.05, 0) is 29.9 Å². The van der Waals surface area contributed by atoms with Crippen LogP contribution in [-0.2, 0) is 4.79 Å². The van der Waals surface area contributed by atoms with Crippen LogP contribution in [-0.4, -0.2) is 25.9 Å². The summed E-state index contributed by atoms with van der Waals surface area (Å²) >= 11 is 22.9. The van der Waals surface area contributed by atoms with E-state index in [0.29, 0.717) is 5.69 Å². The van der Waals surface area contributed by atoms with Crippen LogP contribution in [0.4, 0.5) is 11.4 Å². The number of amides is 1. The first-order valence-corrected chi connectivity index (χ1v) is 9.61. The number of nitrogens with one attached hydrogen (secondary N) is 3. The van der Waals surface area contributed by atoms with Crippen molar-refractivity contribution in [1.29, 1.82) is 0 Å². The average molecular weight is 474 g/mol. The third-order valence-electron chi connectivity index (χ3n) is 3.43. The maximum atomic E-state index is 12.2. The highest BCUT2D eigenvalue weighted by molar-refractivity contribution is 7.80. The second-order valence-corrected chi connectivity index (χ2v) is 8.41. The summed E-state index contributed by atoms with van der Waals surface area (Å²) in [5.41, 5.74) is 1.06. The fraction of sp³-hybridized carbons (Fsp3) is 0.111. The molecule has 3 N–H and O–H groups in total. The first kappa shape index (κ1) is 22.9. The molecule has 152 valence electrons. The lowest BCUT2D eigenvalue weighted by atomic mass is 10.2. The molecule has 2 rings (SSSR count). The standard InChI is InChI=1S/C18H15Cl3N4O3S/c19-18(20,21)16(23-15(26)10-9-12-5-2-1-3-6-12)24-17(29)22-13-7-4-8-14(11-13)25(27)28/h1-11,16H,(H,23,26)(H2,22,24,29). The molecular formula is C18H15Cl3N4O3S. The molecule has 0 bridgehead atoms. The van der Waals surface area contributed by atoms with Gasteiger partial charge in [-0.25, -0.2) is 0 Å². The molecule has 1 unspecified atom stereocenters. The van der Waals surface area contributed by atoms with Crippen LogP contribution in [0.15, 0.2) is 60.7 Å². The predicted octanol–water partition coefficient (Wildman–Crippen LogP) is 4.41. The Hall–Kier alpha value is -2.39. The van der Waals surface area contributed by atoms with Gasteiger partial charge in [-0.1, -0.05) is 71.2 Å². The van der Waals surface area contributed by atoms with Gasteiger partial charge in [0.15, 0.2) is 5.11 Å². The van der Waals surface area contributed by atoms with Crippen molar-refractivity contribution in [2.45, 2.75) is 9.96 Å². The molecule has 0 spiro atoms. The molecule has 29 heavy (non-hydrogen) atoms. The van der Waals surface area contributed by atoms with Gasteiger partial charge in [0.25, 0.3) is 5.69 Å². The van der Waals surface area contributed by atoms with E-state index >= 15 is 0 Å². The van der Waals surface area contributed by atoms with Crippen molar-refractivity contribution < 1.29 is 9.72 Å². The van der Waals surface area contributed by atoms with E-state index in [2.05, 4.69) is 16.0 Å². The van der Waals surface area contributed by atoms with Crippen LogP contribution >= 0.6 is 47.0 Å². The highest BCUT2D eigenvalue weighted by Crippen LogP contribution is 2.29. The lowest BCUT2D eigenvalue weighted by Gasteiger charge is -2.27. The molecule has 0 aliphatic rings. The number of nitro groups is 1. The third kappa shape index (κ3) is 7.86. The van der Waals surface area contributed by atoms with Gasteiger partial charge in [-0.15, -0.1) is 0 Å². The van der Waals surface area contributed by atoms with Gasteiger partial charge in [-0.2, -0.15) is 0 Å². The molecule has 0 aliphatic heterocycles. The summed E-state index contributed by atoms with van der Waals surface area (Å²) in [6.07, 6.45) is 1.72. The maximum absolute atomic E-state index is 12.2. The zero-order valence-electron chi connectivity index (χ0n) is 14.6. The average Bonchev–Trinajstić information content (AvgIpc) is 2.66. The second-order valence-electron chi connectivity index (χ2n) is 5.63. The summed E-state index contributed by atoms with van der Waals surface area (Å²) in [5.74, 6) is -0.518. The quantitative estimate of drug-likeness (QED) is 0.144. The normalized spacial score (nSPS) is 12.2. The zero-order chi connectivity index (χ0) is 21.4. The Bertz CT molecular complexity index is 920. The number of carbonyl (C=O) groups excluding carboxylic acids is 1. The van der Waals surface area contributed by atoms with E-state index < -0.39 is 20.8 Å². The Morgan fingerprint density at radius 2 is 1.79 bits per heavy atom. The fourth-order valence-corrected chi connectivity index (χ4v) is 2.68. The molecule has 0 aromatic heterocycles. The summed E-state index contributed by atoms with van der Waals surface area (Å²) < 4.78 is -1.93. The first-order valence-electron chi connectivity index (χ1n) is 8.07. The van der Waals surface area contributed by atoms with E-state index in [-0.39, 0.29) is 10.8 Å². The van der Waals surface area contributed by atoms with Crippen LogP contribution in [0.1, 0.15) is 5.56 Å². The number of non-ortho nitro benzene ring substituents is 1. The molecule has 0 fully saturated rings. The summed E-state index contributed by atoms with van der Waals surface area (Å²) in [6.45, 7) is 0. The van der Waals surface area contributed by atoms with E-state index in [1.54, 1.807) is 12.1 Å². The van der Waals surface area contributed by atoms with Crippen LogP contribution in [0.2, 0.25) is 0 Å². The molecule has 1 atom stereocenters. The minimum absolute atomic E-state index is 0.00541. The highest BCUT2D eigenvalue weighted by atomic mass is 35.6. The van der Waals surface area contributed by atoms with Gasteiger partial charge in [0, 0.05) is 23.9 Å². The van der Waals surface area contributed by atoms with Gasteiger partial charge in [0.05, 0.1) is 4.92 Å². The Kier molecular flexibility index (Phi) is 8.21. The van der Waals surface area contributed by atoms with Gasteiger partial charge in [0.2, 0.25) is 9.70 Å². The van der Waals surface area contributed by atoms with Crippen molar-refractivity contribution in [2.75, 3.05) is 5.32 Å². The monoisotopic (exact) mass is 472 g/mol. The maximum Gasteiger partial charge on any atom is 0.271 e. The molecule has 0 radical (unpaired) electrons. The van der Waals surface area contributed by atoms with Crippen molar-refractivity contribution in [3.63, 3.8) is 0 Å². The number of nitro benzene ring substituents is 1. The molecule has 0 saturated carbocycles. The van der Waals surface area contributed by atoms with Crippen molar-refractivity contribution in [3.8, 4) is 0 Å². The van der Waals surface area contributed by atoms with E-state index in [4.69, 9.17) is 47.0 Å². The number of hydrogen-bond acceptors (Lipinski definition) is 4. The molecule has 7 nitrogen and oxygen atoms in total. The predicted molar refractivity (Wildman–Crippen MR) is 120 cm³/mol. The number of thiocarbonyl (C=S) groups is 1. The van der Waals surface area contributed by atoms with E-state index in [0.717, 1.165) is 5.56 Å². The molecule has 0 saturated heterocycles. The third-order valence-corrected chi connectivity index (χ3v) is 4.31. The van der Waals surface area contributed by atoms with E-state index in [1.807, 2.05) is 30.3 Å². The van der Waals surface area contributed by atoms with Crippen molar-refractivity contribution in [3.05, 3.63) is 76.4 Å². The van der Waals surface area contributed by atoms with E-state index in [1.165, 1.54) is 24.3 Å². The first-order chi connectivity index (χ1) is 13.6. The number of halogens is 3. The van der Waals surface area contributed by atoms with Crippen LogP contribution < -0.4 is 16.0 Å². The summed E-state index contributed by atoms with van der Waals surface area (Å²) in [7, 11) is 0. The number of anilines is 1. The van der Waals surface area contributed by atoms with Gasteiger partial charge in [-0.3, -0.25) is 14.9 Å². The summed E-state index contributed by atoms with van der Waals surface area (Å²) in [4.78, 5) is 22.5. The van der Waals surface area contributed by atoms with Gasteiger partial charge >= 0.3 is 0 Å². The van der Waals surface area contributed by atoms with Crippen LogP contribution in [0, 0.1) is 10.1 Å². The highest BCUT2D eigenvalue weighted by Gasteiger charge is 2.34. The zero-order valence-corrected chi connectivity index (χ0v) is 17.7. The number of carbonyl (C=O) groups is 1. The molecule has 2 aromatic carbocycles. The number of hydrogen-bond donors (Lipinski definition) is 3. The summed E-state index contributed by atoms with van der Waals surface area (Å²) in [5, 5.41) is 18.8. The Labute approximate surface area is 187 Å². The van der Waals surface area contributed by atoms with Crippen molar-refractivity contribution in [2.24, 2.45) is 0 Å². The molecule has 2 aromatic rings. The van der Waals surface area contributed by atoms with Crippen LogP contribution in [0.25, 0.3) is 6.08 Å². The summed E-state index contributed by atoms with van der Waals surface area (Å²) in [6, 6.07) is 14.9. The Morgan fingerprint density at radius 1 is 1.10 bits per heavy atom. The lowest BCUT2D eigenvalue weighted by molar-refractivity contribution is -0.384. The largest absolute Gasteiger partial charge is 0.339 e. The van der Waals surface area contributed by atoms with Gasteiger partial charge in [0.1, 0.15) is 6.17 Å². The topological polar surface area (TPSA) is 96.3 Å².